The Morgan fingerprint density at radius 3 is 2.67 bits per heavy atom. The fraction of sp³-hybridized carbons (Fsp3) is 0.538. The minimum atomic E-state index is -0.300. The van der Waals surface area contributed by atoms with Crippen molar-refractivity contribution < 1.29 is 13.9 Å². The fourth-order valence-electron chi connectivity index (χ4n) is 1.86. The van der Waals surface area contributed by atoms with Gasteiger partial charge in [0.2, 0.25) is 0 Å². The highest BCUT2D eigenvalue weighted by Gasteiger charge is 2.17. The maximum Gasteiger partial charge on any atom is 0.125 e. The lowest BCUT2D eigenvalue weighted by atomic mass is 10.2. The van der Waals surface area contributed by atoms with Crippen LogP contribution in [-0.2, 0) is 9.47 Å². The lowest BCUT2D eigenvalue weighted by molar-refractivity contribution is 0.171. The molecule has 0 fully saturated rings. The molecule has 102 valence electrons. The maximum atomic E-state index is 13.3. The molecule has 1 atom stereocenters. The standard InChI is InChI=1S/C13H21FN2O2/c1-10(9-18-3)16(6-7-17-2)13-8-11(14)4-5-12(13)15/h4-5,8,10H,6-7,9,15H2,1-3H3. The van der Waals surface area contributed by atoms with Gasteiger partial charge in [-0.05, 0) is 25.1 Å². The van der Waals surface area contributed by atoms with Gasteiger partial charge in [0.1, 0.15) is 5.82 Å². The van der Waals surface area contributed by atoms with Crippen molar-refractivity contribution in [3.8, 4) is 0 Å². The van der Waals surface area contributed by atoms with Gasteiger partial charge in [-0.25, -0.2) is 4.39 Å². The number of nitrogens with zero attached hydrogens (tertiary/aromatic N) is 1. The van der Waals surface area contributed by atoms with Gasteiger partial charge in [0.25, 0.3) is 0 Å². The van der Waals surface area contributed by atoms with Gasteiger partial charge in [0, 0.05) is 26.8 Å². The van der Waals surface area contributed by atoms with Gasteiger partial charge in [-0.2, -0.15) is 0 Å². The van der Waals surface area contributed by atoms with Crippen LogP contribution in [-0.4, -0.2) is 40.0 Å². The zero-order valence-electron chi connectivity index (χ0n) is 11.1. The van der Waals surface area contributed by atoms with Gasteiger partial charge in [0.15, 0.2) is 0 Å². The van der Waals surface area contributed by atoms with Gasteiger partial charge in [-0.3, -0.25) is 0 Å². The molecule has 5 heteroatoms. The molecule has 1 rings (SSSR count). The lowest BCUT2D eigenvalue weighted by Gasteiger charge is -2.31. The minimum absolute atomic E-state index is 0.0919. The van der Waals surface area contributed by atoms with E-state index < -0.39 is 0 Å². The molecular formula is C13H21FN2O2. The number of nitrogen functional groups attached to an aromatic ring is 1. The van der Waals surface area contributed by atoms with E-state index in [2.05, 4.69) is 0 Å². The molecule has 0 saturated carbocycles. The third kappa shape index (κ3) is 3.85. The molecule has 1 aromatic carbocycles. The van der Waals surface area contributed by atoms with Crippen LogP contribution in [0.4, 0.5) is 15.8 Å². The Bertz CT molecular complexity index is 374. The van der Waals surface area contributed by atoms with E-state index in [1.807, 2.05) is 11.8 Å². The maximum absolute atomic E-state index is 13.3. The number of ether oxygens (including phenoxy) is 2. The Kier molecular flexibility index (Phi) is 5.88. The molecular weight excluding hydrogens is 235 g/mol. The van der Waals surface area contributed by atoms with Gasteiger partial charge >= 0.3 is 0 Å². The quantitative estimate of drug-likeness (QED) is 0.757. The van der Waals surface area contributed by atoms with Gasteiger partial charge in [-0.15, -0.1) is 0 Å². The molecule has 2 N–H and O–H groups in total. The first-order valence-corrected chi connectivity index (χ1v) is 5.89. The number of anilines is 2. The molecule has 0 radical (unpaired) electrons. The predicted molar refractivity (Wildman–Crippen MR) is 71.4 cm³/mol. The van der Waals surface area contributed by atoms with Crippen molar-refractivity contribution in [1.82, 2.24) is 0 Å². The highest BCUT2D eigenvalue weighted by molar-refractivity contribution is 5.68. The van der Waals surface area contributed by atoms with Crippen LogP contribution in [0.5, 0.6) is 0 Å². The summed E-state index contributed by atoms with van der Waals surface area (Å²) in [5, 5.41) is 0. The summed E-state index contributed by atoms with van der Waals surface area (Å²) in [7, 11) is 3.27. The second kappa shape index (κ2) is 7.18. The Balaban J connectivity index is 2.96. The van der Waals surface area contributed by atoms with Crippen LogP contribution in [0.15, 0.2) is 18.2 Å². The summed E-state index contributed by atoms with van der Waals surface area (Å²) in [6.07, 6.45) is 0. The van der Waals surface area contributed by atoms with Crippen molar-refractivity contribution in [2.45, 2.75) is 13.0 Å². The predicted octanol–water partition coefficient (Wildman–Crippen LogP) is 1.90. The topological polar surface area (TPSA) is 47.7 Å². The molecule has 0 saturated heterocycles. The van der Waals surface area contributed by atoms with Crippen LogP contribution in [0.2, 0.25) is 0 Å². The van der Waals surface area contributed by atoms with E-state index in [0.717, 1.165) is 0 Å². The molecule has 4 nitrogen and oxygen atoms in total. The molecule has 0 bridgehead atoms. The van der Waals surface area contributed by atoms with E-state index in [9.17, 15) is 4.39 Å². The van der Waals surface area contributed by atoms with E-state index >= 15 is 0 Å². The fourth-order valence-corrected chi connectivity index (χ4v) is 1.86. The number of benzene rings is 1. The summed E-state index contributed by atoms with van der Waals surface area (Å²) in [4.78, 5) is 1.99. The third-order valence-electron chi connectivity index (χ3n) is 2.78. The molecule has 0 heterocycles. The molecule has 0 spiro atoms. The van der Waals surface area contributed by atoms with Crippen LogP contribution < -0.4 is 10.6 Å². The van der Waals surface area contributed by atoms with Crippen molar-refractivity contribution in [3.63, 3.8) is 0 Å². The van der Waals surface area contributed by atoms with E-state index in [1.54, 1.807) is 20.3 Å². The average molecular weight is 256 g/mol. The highest BCUT2D eigenvalue weighted by Crippen LogP contribution is 2.25. The summed E-state index contributed by atoms with van der Waals surface area (Å²) >= 11 is 0. The lowest BCUT2D eigenvalue weighted by Crippen LogP contribution is -2.39. The normalized spacial score (nSPS) is 12.4. The van der Waals surface area contributed by atoms with Crippen LogP contribution in [0, 0.1) is 5.82 Å². The van der Waals surface area contributed by atoms with E-state index in [0.29, 0.717) is 31.1 Å². The van der Waals surface area contributed by atoms with E-state index in [4.69, 9.17) is 15.2 Å². The molecule has 1 aromatic rings. The first-order valence-electron chi connectivity index (χ1n) is 5.89. The van der Waals surface area contributed by atoms with E-state index in [-0.39, 0.29) is 11.9 Å². The van der Waals surface area contributed by atoms with Crippen LogP contribution in [0.25, 0.3) is 0 Å². The first kappa shape index (κ1) is 14.7. The summed E-state index contributed by atoms with van der Waals surface area (Å²) in [6.45, 7) is 3.72. The Morgan fingerprint density at radius 2 is 2.06 bits per heavy atom. The Morgan fingerprint density at radius 1 is 1.33 bits per heavy atom. The zero-order valence-corrected chi connectivity index (χ0v) is 11.1. The van der Waals surface area contributed by atoms with Crippen LogP contribution in [0.3, 0.4) is 0 Å². The number of rotatable bonds is 7. The average Bonchev–Trinajstić information content (AvgIpc) is 2.34. The van der Waals surface area contributed by atoms with Crippen molar-refractivity contribution in [2.24, 2.45) is 0 Å². The number of methoxy groups -OCH3 is 2. The van der Waals surface area contributed by atoms with Gasteiger partial charge < -0.3 is 20.1 Å². The monoisotopic (exact) mass is 256 g/mol. The van der Waals surface area contributed by atoms with Gasteiger partial charge in [0.05, 0.1) is 24.6 Å². The molecule has 0 aliphatic rings. The molecule has 0 aliphatic carbocycles. The van der Waals surface area contributed by atoms with E-state index in [1.165, 1.54) is 12.1 Å². The smallest absolute Gasteiger partial charge is 0.125 e. The second-order valence-corrected chi connectivity index (χ2v) is 4.19. The second-order valence-electron chi connectivity index (χ2n) is 4.19. The molecule has 0 amide bonds. The number of halogens is 1. The Labute approximate surface area is 107 Å². The molecule has 0 aromatic heterocycles. The summed E-state index contributed by atoms with van der Waals surface area (Å²) in [5.74, 6) is -0.300. The molecule has 18 heavy (non-hydrogen) atoms. The first-order chi connectivity index (χ1) is 8.60. The molecule has 1 unspecified atom stereocenters. The SMILES string of the molecule is COCCN(c1cc(F)ccc1N)C(C)COC. The summed E-state index contributed by atoms with van der Waals surface area (Å²) in [6, 6.07) is 4.46. The third-order valence-corrected chi connectivity index (χ3v) is 2.78. The summed E-state index contributed by atoms with van der Waals surface area (Å²) in [5.41, 5.74) is 7.13. The van der Waals surface area contributed by atoms with Crippen molar-refractivity contribution >= 4 is 11.4 Å². The number of nitrogens with two attached hydrogens (primary N) is 1. The van der Waals surface area contributed by atoms with Crippen LogP contribution >= 0.6 is 0 Å². The molecule has 0 aliphatic heterocycles. The summed E-state index contributed by atoms with van der Waals surface area (Å²) < 4.78 is 23.5. The minimum Gasteiger partial charge on any atom is -0.397 e. The van der Waals surface area contributed by atoms with Crippen molar-refractivity contribution in [1.29, 1.82) is 0 Å². The van der Waals surface area contributed by atoms with Crippen LogP contribution in [0.1, 0.15) is 6.92 Å². The van der Waals surface area contributed by atoms with Gasteiger partial charge in [-0.1, -0.05) is 0 Å². The van der Waals surface area contributed by atoms with Crippen molar-refractivity contribution in [3.05, 3.63) is 24.0 Å². The van der Waals surface area contributed by atoms with Crippen molar-refractivity contribution in [2.75, 3.05) is 44.6 Å². The largest absolute Gasteiger partial charge is 0.397 e. The number of hydrogen-bond acceptors (Lipinski definition) is 4. The zero-order chi connectivity index (χ0) is 13.5. The Hall–Kier alpha value is -1.33. The number of hydrogen-bond donors (Lipinski definition) is 1. The highest BCUT2D eigenvalue weighted by atomic mass is 19.1.